The monoisotopic (exact) mass is 177 g/mol. The number of nitrogens with two attached hydrogens (primary N) is 1. The van der Waals surface area contributed by atoms with Crippen molar-refractivity contribution < 1.29 is 0 Å². The van der Waals surface area contributed by atoms with Gasteiger partial charge in [-0.25, -0.2) is 4.98 Å². The van der Waals surface area contributed by atoms with Crippen molar-refractivity contribution in [1.29, 1.82) is 0 Å². The van der Waals surface area contributed by atoms with Gasteiger partial charge in [-0.1, -0.05) is 0 Å². The third-order valence-corrected chi connectivity index (χ3v) is 2.44. The minimum Gasteiger partial charge on any atom is -0.367 e. The predicted molar refractivity (Wildman–Crippen MR) is 53.6 cm³/mol. The minimum absolute atomic E-state index is 0.391. The molecular weight excluding hydrogens is 162 g/mol. The number of hydrogen-bond acceptors (Lipinski definition) is 3. The molecule has 1 aromatic rings. The predicted octanol–water partition coefficient (Wildman–Crippen LogP) is 1.29. The quantitative estimate of drug-likeness (QED) is 0.715. The van der Waals surface area contributed by atoms with Crippen molar-refractivity contribution in [2.24, 2.45) is 5.73 Å². The Labute approximate surface area is 78.4 Å². The van der Waals surface area contributed by atoms with Crippen molar-refractivity contribution in [3.8, 4) is 0 Å². The summed E-state index contributed by atoms with van der Waals surface area (Å²) in [4.78, 5) is 4.23. The number of nitrogens with one attached hydrogen (secondary N) is 1. The second kappa shape index (κ2) is 3.34. The van der Waals surface area contributed by atoms with Crippen LogP contribution in [-0.2, 0) is 0 Å². The molecule has 0 atom stereocenters. The zero-order valence-corrected chi connectivity index (χ0v) is 7.83. The highest BCUT2D eigenvalue weighted by atomic mass is 15.0. The van der Waals surface area contributed by atoms with Crippen LogP contribution >= 0.6 is 0 Å². The van der Waals surface area contributed by atoms with Gasteiger partial charge >= 0.3 is 0 Å². The summed E-state index contributed by atoms with van der Waals surface area (Å²) in [6, 6.07) is 4.98. The summed E-state index contributed by atoms with van der Waals surface area (Å²) in [6.45, 7) is 2.07. The van der Waals surface area contributed by atoms with Crippen LogP contribution in [0.25, 0.3) is 0 Å². The minimum atomic E-state index is 0.391. The number of pyridine rings is 1. The van der Waals surface area contributed by atoms with Gasteiger partial charge in [0.2, 0.25) is 0 Å². The summed E-state index contributed by atoms with van der Waals surface area (Å²) in [5, 5.41) is 3.36. The largest absolute Gasteiger partial charge is 0.367 e. The molecule has 3 nitrogen and oxygen atoms in total. The summed E-state index contributed by atoms with van der Waals surface area (Å²) in [5.74, 6) is 0.969. The van der Waals surface area contributed by atoms with Crippen LogP contribution in [0.3, 0.4) is 0 Å². The maximum atomic E-state index is 5.69. The summed E-state index contributed by atoms with van der Waals surface area (Å²) in [5.41, 5.74) is 6.93. The number of nitrogens with zero attached hydrogens (tertiary/aromatic N) is 1. The Morgan fingerprint density at radius 1 is 1.54 bits per heavy atom. The van der Waals surface area contributed by atoms with E-state index in [1.807, 2.05) is 12.3 Å². The molecule has 1 saturated carbocycles. The Hall–Kier alpha value is -1.09. The van der Waals surface area contributed by atoms with Crippen LogP contribution < -0.4 is 11.1 Å². The molecule has 3 N–H and O–H groups in total. The Balaban J connectivity index is 1.94. The van der Waals surface area contributed by atoms with Gasteiger partial charge in [0.05, 0.1) is 0 Å². The van der Waals surface area contributed by atoms with E-state index in [9.17, 15) is 0 Å². The normalized spacial score (nSPS) is 26.6. The van der Waals surface area contributed by atoms with E-state index >= 15 is 0 Å². The molecule has 0 bridgehead atoms. The Kier molecular flexibility index (Phi) is 2.19. The van der Waals surface area contributed by atoms with Gasteiger partial charge in [-0.15, -0.1) is 0 Å². The molecule has 1 aliphatic carbocycles. The highest BCUT2D eigenvalue weighted by Gasteiger charge is 2.25. The molecule has 0 aliphatic heterocycles. The van der Waals surface area contributed by atoms with Crippen LogP contribution in [0.15, 0.2) is 18.3 Å². The number of rotatable bonds is 2. The van der Waals surface area contributed by atoms with Crippen LogP contribution in [0.4, 0.5) is 5.82 Å². The summed E-state index contributed by atoms with van der Waals surface area (Å²) in [6.07, 6.45) is 3.96. The van der Waals surface area contributed by atoms with Gasteiger partial charge in [0.25, 0.3) is 0 Å². The van der Waals surface area contributed by atoms with Crippen molar-refractivity contribution in [2.45, 2.75) is 31.8 Å². The topological polar surface area (TPSA) is 50.9 Å². The molecule has 13 heavy (non-hydrogen) atoms. The third kappa shape index (κ3) is 1.98. The van der Waals surface area contributed by atoms with Crippen molar-refractivity contribution in [1.82, 2.24) is 4.98 Å². The fourth-order valence-corrected chi connectivity index (χ4v) is 1.60. The second-order valence-corrected chi connectivity index (χ2v) is 3.79. The van der Waals surface area contributed by atoms with Crippen LogP contribution in [0.1, 0.15) is 18.4 Å². The van der Waals surface area contributed by atoms with Gasteiger partial charge in [-0.05, 0) is 37.5 Å². The van der Waals surface area contributed by atoms with Crippen molar-refractivity contribution in [2.75, 3.05) is 5.32 Å². The van der Waals surface area contributed by atoms with Gasteiger partial charge in [-0.3, -0.25) is 0 Å². The first kappa shape index (κ1) is 8.51. The summed E-state index contributed by atoms with van der Waals surface area (Å²) in [7, 11) is 0. The van der Waals surface area contributed by atoms with Crippen LogP contribution in [-0.4, -0.2) is 17.1 Å². The molecule has 0 spiro atoms. The SMILES string of the molecule is Cc1ccnc(NC2CC(N)C2)c1. The maximum absolute atomic E-state index is 5.69. The van der Waals surface area contributed by atoms with E-state index in [1.54, 1.807) is 0 Å². The first-order chi connectivity index (χ1) is 6.24. The molecule has 1 aromatic heterocycles. The van der Waals surface area contributed by atoms with E-state index in [2.05, 4.69) is 23.3 Å². The molecule has 0 unspecified atom stereocenters. The molecule has 0 aromatic carbocycles. The van der Waals surface area contributed by atoms with Crippen LogP contribution in [0.2, 0.25) is 0 Å². The number of anilines is 1. The van der Waals surface area contributed by atoms with Crippen molar-refractivity contribution in [3.05, 3.63) is 23.9 Å². The van der Waals surface area contributed by atoms with Gasteiger partial charge in [-0.2, -0.15) is 0 Å². The second-order valence-electron chi connectivity index (χ2n) is 3.79. The molecule has 1 fully saturated rings. The average molecular weight is 177 g/mol. The highest BCUT2D eigenvalue weighted by molar-refractivity contribution is 5.38. The van der Waals surface area contributed by atoms with Crippen molar-refractivity contribution >= 4 is 5.82 Å². The molecular formula is C10H15N3. The van der Waals surface area contributed by atoms with Gasteiger partial charge in [0, 0.05) is 18.3 Å². The lowest BCUT2D eigenvalue weighted by atomic mass is 9.88. The standard InChI is InChI=1S/C10H15N3/c1-7-2-3-12-10(4-7)13-9-5-8(11)6-9/h2-4,8-9H,5-6,11H2,1H3,(H,12,13). The van der Waals surface area contributed by atoms with E-state index in [1.165, 1.54) is 5.56 Å². The fraction of sp³-hybridized carbons (Fsp3) is 0.500. The van der Waals surface area contributed by atoms with Crippen LogP contribution in [0, 0.1) is 6.92 Å². The first-order valence-corrected chi connectivity index (χ1v) is 4.69. The number of hydrogen-bond donors (Lipinski definition) is 2. The molecule has 3 heteroatoms. The lowest BCUT2D eigenvalue weighted by Crippen LogP contribution is -2.44. The summed E-state index contributed by atoms with van der Waals surface area (Å²) < 4.78 is 0. The van der Waals surface area contributed by atoms with Gasteiger partial charge in [0.1, 0.15) is 5.82 Å². The third-order valence-electron chi connectivity index (χ3n) is 2.44. The van der Waals surface area contributed by atoms with E-state index < -0.39 is 0 Å². The zero-order chi connectivity index (χ0) is 9.26. The molecule has 70 valence electrons. The van der Waals surface area contributed by atoms with Gasteiger partial charge < -0.3 is 11.1 Å². The summed E-state index contributed by atoms with van der Waals surface area (Å²) >= 11 is 0. The smallest absolute Gasteiger partial charge is 0.126 e. The first-order valence-electron chi connectivity index (χ1n) is 4.69. The average Bonchev–Trinajstić information content (AvgIpc) is 2.01. The highest BCUT2D eigenvalue weighted by Crippen LogP contribution is 2.21. The lowest BCUT2D eigenvalue weighted by Gasteiger charge is -2.33. The molecule has 2 rings (SSSR count). The van der Waals surface area contributed by atoms with Crippen molar-refractivity contribution in [3.63, 3.8) is 0 Å². The molecule has 0 radical (unpaired) electrons. The fourth-order valence-electron chi connectivity index (χ4n) is 1.60. The molecule has 0 amide bonds. The van der Waals surface area contributed by atoms with E-state index in [4.69, 9.17) is 5.73 Å². The molecule has 0 saturated heterocycles. The Morgan fingerprint density at radius 2 is 2.31 bits per heavy atom. The Bertz CT molecular complexity index is 292. The Morgan fingerprint density at radius 3 is 2.92 bits per heavy atom. The lowest BCUT2D eigenvalue weighted by molar-refractivity contribution is 0.373. The number of aromatic nitrogens is 1. The zero-order valence-electron chi connectivity index (χ0n) is 7.83. The van der Waals surface area contributed by atoms with Gasteiger partial charge in [0.15, 0.2) is 0 Å². The van der Waals surface area contributed by atoms with E-state index in [0.717, 1.165) is 18.7 Å². The maximum Gasteiger partial charge on any atom is 0.126 e. The number of aryl methyl sites for hydroxylation is 1. The molecule has 1 heterocycles. The van der Waals surface area contributed by atoms with Crippen LogP contribution in [0.5, 0.6) is 0 Å². The van der Waals surface area contributed by atoms with E-state index in [-0.39, 0.29) is 0 Å². The molecule has 1 aliphatic rings. The van der Waals surface area contributed by atoms with E-state index in [0.29, 0.717) is 12.1 Å².